The molecule has 0 radical (unpaired) electrons. The molecule has 2 aromatic carbocycles. The summed E-state index contributed by atoms with van der Waals surface area (Å²) >= 11 is 0. The largest absolute Gasteiger partial charge is 0.444 e. The summed E-state index contributed by atoms with van der Waals surface area (Å²) in [5, 5.41) is 11.6. The number of unbranched alkanes of at least 4 members (excludes halogenated alkanes) is 1. The van der Waals surface area contributed by atoms with Crippen LogP contribution in [0.2, 0.25) is 25.7 Å². The molecule has 10 nitrogen and oxygen atoms in total. The van der Waals surface area contributed by atoms with Crippen LogP contribution in [0.3, 0.4) is 0 Å². The quantitative estimate of drug-likeness (QED) is 0.0951. The molecule has 6 rings (SSSR count). The number of hydrogen-bond acceptors (Lipinski definition) is 7. The minimum absolute atomic E-state index is 0.121. The number of nitrogens with one attached hydrogen (secondary N) is 1. The third-order valence-electron chi connectivity index (χ3n) is 9.70. The minimum atomic E-state index is -1.19. The first-order chi connectivity index (χ1) is 24.8. The van der Waals surface area contributed by atoms with E-state index in [1.165, 1.54) is 6.42 Å². The number of rotatable bonds is 13. The van der Waals surface area contributed by atoms with Gasteiger partial charge in [-0.3, -0.25) is 4.90 Å². The number of likely N-dealkylation sites (tertiary alicyclic amines) is 1. The van der Waals surface area contributed by atoms with Crippen LogP contribution in [0.5, 0.6) is 0 Å². The summed E-state index contributed by atoms with van der Waals surface area (Å²) in [6.45, 7) is 19.2. The predicted octanol–water partition coefficient (Wildman–Crippen LogP) is 10.2. The molecule has 3 aromatic heterocycles. The van der Waals surface area contributed by atoms with E-state index in [1.807, 2.05) is 45.3 Å². The first kappa shape index (κ1) is 37.4. The number of hydrogen-bond donors (Lipinski definition) is 1. The topological polar surface area (TPSA) is 111 Å². The lowest BCUT2D eigenvalue weighted by Crippen LogP contribution is -2.36. The molecule has 1 aliphatic heterocycles. The maximum atomic E-state index is 12.9. The molecule has 1 amide bonds. The number of aromatic nitrogens is 6. The van der Waals surface area contributed by atoms with E-state index in [0.29, 0.717) is 19.2 Å². The molecule has 0 unspecified atom stereocenters. The highest BCUT2D eigenvalue weighted by atomic mass is 28.3. The summed E-state index contributed by atoms with van der Waals surface area (Å²) in [5.41, 5.74) is 4.95. The van der Waals surface area contributed by atoms with Gasteiger partial charge in [-0.25, -0.2) is 14.8 Å². The van der Waals surface area contributed by atoms with Gasteiger partial charge in [0.05, 0.1) is 35.5 Å². The Morgan fingerprint density at radius 3 is 2.38 bits per heavy atom. The second-order valence-corrected chi connectivity index (χ2v) is 22.0. The van der Waals surface area contributed by atoms with Crippen molar-refractivity contribution in [3.05, 3.63) is 72.6 Å². The molecule has 0 aliphatic carbocycles. The summed E-state index contributed by atoms with van der Waals surface area (Å²) in [6, 6.07) is 17.8. The van der Waals surface area contributed by atoms with Crippen LogP contribution in [-0.2, 0) is 16.2 Å². The zero-order valence-corrected chi connectivity index (χ0v) is 33.2. The van der Waals surface area contributed by atoms with E-state index in [4.69, 9.17) is 14.5 Å². The summed E-state index contributed by atoms with van der Waals surface area (Å²) in [4.78, 5) is 27.7. The van der Waals surface area contributed by atoms with Crippen LogP contribution in [0, 0.1) is 0 Å². The molecule has 4 heterocycles. The maximum Gasteiger partial charge on any atom is 0.410 e. The van der Waals surface area contributed by atoms with Crippen molar-refractivity contribution in [3.8, 4) is 33.9 Å². The van der Waals surface area contributed by atoms with E-state index in [9.17, 15) is 4.79 Å². The van der Waals surface area contributed by atoms with Crippen molar-refractivity contribution in [2.45, 2.75) is 117 Å². The van der Waals surface area contributed by atoms with Crippen molar-refractivity contribution in [1.29, 1.82) is 0 Å². The standard InChI is InChI=1S/C41H55N7O3Si/c1-9-10-12-28(2)39-43-26-37(48(39)27-50-21-22-52(6,7)8)34-19-18-33(45-46-34)31-16-14-30-24-32(17-15-29(30)23-31)35-25-42-38(44-35)36-13-11-20-47(36)40(49)51-41(3,4)5/h14-19,23-26,28,36H,9-13,20-22,27H2,1-8H3,(H,42,44)/t28-,36-/m0/s1. The van der Waals surface area contributed by atoms with Crippen LogP contribution in [0.4, 0.5) is 4.79 Å². The van der Waals surface area contributed by atoms with Gasteiger partial charge in [-0.1, -0.05) is 70.6 Å². The van der Waals surface area contributed by atoms with Crippen LogP contribution >= 0.6 is 0 Å². The summed E-state index contributed by atoms with van der Waals surface area (Å²) in [6.07, 6.45) is 8.68. The highest BCUT2D eigenvalue weighted by Gasteiger charge is 2.35. The van der Waals surface area contributed by atoms with Gasteiger partial charge in [0.25, 0.3) is 0 Å². The molecule has 2 atom stereocenters. The number of imidazole rings is 2. The Morgan fingerprint density at radius 1 is 0.981 bits per heavy atom. The number of nitrogens with zero attached hydrogens (tertiary/aromatic N) is 6. The summed E-state index contributed by atoms with van der Waals surface area (Å²) in [5.74, 6) is 2.16. The Bertz CT molecular complexity index is 1970. The van der Waals surface area contributed by atoms with E-state index in [2.05, 4.69) is 94.6 Å². The average molecular weight is 722 g/mol. The minimum Gasteiger partial charge on any atom is -0.444 e. The molecule has 1 N–H and O–H groups in total. The molecule has 1 fully saturated rings. The van der Waals surface area contributed by atoms with E-state index >= 15 is 0 Å². The molecule has 1 saturated heterocycles. The zero-order chi connectivity index (χ0) is 37.0. The van der Waals surface area contributed by atoms with Gasteiger partial charge in [-0.05, 0) is 81.1 Å². The molecule has 1 aliphatic rings. The number of amides is 1. The van der Waals surface area contributed by atoms with E-state index < -0.39 is 13.7 Å². The zero-order valence-electron chi connectivity index (χ0n) is 32.2. The van der Waals surface area contributed by atoms with Gasteiger partial charge < -0.3 is 19.0 Å². The summed E-state index contributed by atoms with van der Waals surface area (Å²) < 4.78 is 14.1. The van der Waals surface area contributed by atoms with Gasteiger partial charge in [-0.15, -0.1) is 10.2 Å². The highest BCUT2D eigenvalue weighted by Crippen LogP contribution is 2.34. The Morgan fingerprint density at radius 2 is 1.69 bits per heavy atom. The highest BCUT2D eigenvalue weighted by molar-refractivity contribution is 6.76. The van der Waals surface area contributed by atoms with Gasteiger partial charge in [0.2, 0.25) is 0 Å². The van der Waals surface area contributed by atoms with Gasteiger partial charge in [0.15, 0.2) is 0 Å². The van der Waals surface area contributed by atoms with Crippen LogP contribution < -0.4 is 0 Å². The Balaban J connectivity index is 1.18. The number of carbonyl (C=O) groups is 1. The molecule has 0 spiro atoms. The van der Waals surface area contributed by atoms with Crippen molar-refractivity contribution in [1.82, 2.24) is 34.6 Å². The van der Waals surface area contributed by atoms with Crippen LogP contribution in [0.1, 0.15) is 90.3 Å². The fourth-order valence-electron chi connectivity index (χ4n) is 6.74. The third-order valence-corrected chi connectivity index (χ3v) is 11.4. The number of fused-ring (bicyclic) bond motifs is 1. The number of carbonyl (C=O) groups excluding carboxylic acids is 1. The second kappa shape index (κ2) is 15.7. The Hall–Kier alpha value is -4.35. The maximum absolute atomic E-state index is 12.9. The fourth-order valence-corrected chi connectivity index (χ4v) is 7.49. The molecular formula is C41H55N7O3Si. The number of aromatic amines is 1. The molecular weight excluding hydrogens is 667 g/mol. The lowest BCUT2D eigenvalue weighted by molar-refractivity contribution is 0.0218. The van der Waals surface area contributed by atoms with Crippen LogP contribution in [0.25, 0.3) is 44.7 Å². The second-order valence-electron chi connectivity index (χ2n) is 16.4. The van der Waals surface area contributed by atoms with E-state index in [0.717, 1.165) is 94.7 Å². The van der Waals surface area contributed by atoms with Crippen molar-refractivity contribution in [2.75, 3.05) is 13.2 Å². The first-order valence-electron chi connectivity index (χ1n) is 18.9. The van der Waals surface area contributed by atoms with Gasteiger partial charge >= 0.3 is 6.09 Å². The van der Waals surface area contributed by atoms with Crippen molar-refractivity contribution in [2.24, 2.45) is 0 Å². The smallest absolute Gasteiger partial charge is 0.410 e. The fraction of sp³-hybridized carbons (Fsp3) is 0.488. The van der Waals surface area contributed by atoms with Crippen molar-refractivity contribution < 1.29 is 14.3 Å². The number of ether oxygens (including phenoxy) is 2. The molecule has 11 heteroatoms. The molecule has 0 saturated carbocycles. The summed E-state index contributed by atoms with van der Waals surface area (Å²) in [7, 11) is -1.19. The number of H-pyrrole nitrogens is 1. The monoisotopic (exact) mass is 721 g/mol. The SMILES string of the molecule is CCCC[C@H](C)c1ncc(-c2ccc(-c3ccc4cc(-c5cnc([C@@H]6CCCN6C(=O)OC(C)(C)C)[nH]5)ccc4c3)nn2)n1COCC[Si](C)(C)C. The number of benzene rings is 2. The average Bonchev–Trinajstić information content (AvgIpc) is 3.88. The first-order valence-corrected chi connectivity index (χ1v) is 22.6. The molecule has 276 valence electrons. The van der Waals surface area contributed by atoms with Crippen molar-refractivity contribution in [3.63, 3.8) is 0 Å². The van der Waals surface area contributed by atoms with E-state index in [1.54, 1.807) is 4.90 Å². The van der Waals surface area contributed by atoms with Crippen LogP contribution in [-0.4, -0.2) is 67.5 Å². The third kappa shape index (κ3) is 8.98. The Labute approximate surface area is 309 Å². The molecule has 5 aromatic rings. The molecule has 52 heavy (non-hydrogen) atoms. The van der Waals surface area contributed by atoms with Gasteiger partial charge in [0, 0.05) is 38.3 Å². The van der Waals surface area contributed by atoms with Crippen LogP contribution in [0.15, 0.2) is 60.9 Å². The lowest BCUT2D eigenvalue weighted by Gasteiger charge is -2.27. The normalized spacial score (nSPS) is 15.8. The van der Waals surface area contributed by atoms with Crippen molar-refractivity contribution >= 4 is 24.9 Å². The predicted molar refractivity (Wildman–Crippen MR) is 211 cm³/mol. The van der Waals surface area contributed by atoms with Gasteiger partial charge in [0.1, 0.15) is 29.7 Å². The lowest BCUT2D eigenvalue weighted by atomic mass is 10.0. The molecule has 0 bridgehead atoms. The van der Waals surface area contributed by atoms with Gasteiger partial charge in [-0.2, -0.15) is 0 Å². The van der Waals surface area contributed by atoms with E-state index in [-0.39, 0.29) is 12.1 Å². The Kier molecular flexibility index (Phi) is 11.3.